The summed E-state index contributed by atoms with van der Waals surface area (Å²) in [5, 5.41) is 23.4. The van der Waals surface area contributed by atoms with Crippen LogP contribution in [0, 0.1) is 0 Å². The number of ether oxygens (including phenoxy) is 6. The van der Waals surface area contributed by atoms with Gasteiger partial charge in [0.05, 0.1) is 23.3 Å². The molecule has 52 heavy (non-hydrogen) atoms. The Hall–Kier alpha value is -4.42. The minimum atomic E-state index is -1.71. The number of rotatable bonds is 6. The molecule has 0 radical (unpaired) electrons. The number of aliphatic hydroxyl groups excluding tert-OH is 2. The van der Waals surface area contributed by atoms with Crippen molar-refractivity contribution >= 4 is 11.9 Å². The molecule has 4 aliphatic rings. The molecule has 4 fully saturated rings. The molecule has 3 heterocycles. The highest BCUT2D eigenvalue weighted by Gasteiger charge is 2.70. The van der Waals surface area contributed by atoms with E-state index in [4.69, 9.17) is 28.4 Å². The standard InChI is InChI=1S/C42H42O10/c43-33-34(44)36(48-40(46)30-21-11-4-12-22-30)38-37(35(33)47-39(45)29-19-9-3-10-20-29)51-41(25-13-23-31(49-41)27-15-5-1-6-16-27)42(52-38)26-14-24-32(50-42)28-17-7-2-8-18-28/h1-12,15-22,31-38,43-44H,13-14,23-26H2/t31?,32?,33-,34-,35-,36+,37-,38-,41?,42?/m1/s1. The minimum Gasteiger partial charge on any atom is -0.453 e. The predicted octanol–water partition coefficient (Wildman–Crippen LogP) is 6.23. The quantitative estimate of drug-likeness (QED) is 0.223. The third kappa shape index (κ3) is 6.44. The SMILES string of the molecule is O=C(O[C@@H]1[C@H](O)[C@@H](O)[C@H](OC(=O)c2ccccc2)[C@H]2OC3(CCCC(c4ccccc4)O3)C3(CCCC(c4ccccc4)O3)O[C@@H]21)c1ccccc1. The van der Waals surface area contributed by atoms with Crippen molar-refractivity contribution in [2.75, 3.05) is 0 Å². The molecule has 4 unspecified atom stereocenters. The van der Waals surface area contributed by atoms with Crippen molar-refractivity contribution < 1.29 is 48.2 Å². The van der Waals surface area contributed by atoms with Crippen LogP contribution in [0.5, 0.6) is 0 Å². The number of hydrogen-bond donors (Lipinski definition) is 2. The van der Waals surface area contributed by atoms with Crippen LogP contribution >= 0.6 is 0 Å². The Balaban J connectivity index is 1.22. The average Bonchev–Trinajstić information content (AvgIpc) is 3.20. The molecule has 2 N–H and O–H groups in total. The zero-order chi connectivity index (χ0) is 35.7. The molecule has 8 rings (SSSR count). The second kappa shape index (κ2) is 14.5. The first-order valence-electron chi connectivity index (χ1n) is 18.1. The van der Waals surface area contributed by atoms with Gasteiger partial charge in [-0.1, -0.05) is 97.1 Å². The second-order valence-electron chi connectivity index (χ2n) is 13.9. The summed E-state index contributed by atoms with van der Waals surface area (Å²) in [4.78, 5) is 27.1. The van der Waals surface area contributed by atoms with Gasteiger partial charge in [0, 0.05) is 12.8 Å². The van der Waals surface area contributed by atoms with Gasteiger partial charge in [-0.3, -0.25) is 0 Å². The molecule has 10 atom stereocenters. The van der Waals surface area contributed by atoms with E-state index in [1.54, 1.807) is 60.7 Å². The first-order valence-corrected chi connectivity index (χ1v) is 18.1. The summed E-state index contributed by atoms with van der Waals surface area (Å²) >= 11 is 0. The summed E-state index contributed by atoms with van der Waals surface area (Å²) in [6.45, 7) is 0. The van der Waals surface area contributed by atoms with Crippen LogP contribution < -0.4 is 0 Å². The van der Waals surface area contributed by atoms with E-state index in [-0.39, 0.29) is 23.3 Å². The van der Waals surface area contributed by atoms with Crippen LogP contribution in [0.2, 0.25) is 0 Å². The van der Waals surface area contributed by atoms with Crippen molar-refractivity contribution in [3.63, 3.8) is 0 Å². The zero-order valence-electron chi connectivity index (χ0n) is 28.6. The van der Waals surface area contributed by atoms with E-state index in [0.29, 0.717) is 38.5 Å². The van der Waals surface area contributed by atoms with Crippen LogP contribution in [0.3, 0.4) is 0 Å². The van der Waals surface area contributed by atoms with E-state index in [1.165, 1.54) is 0 Å². The van der Waals surface area contributed by atoms with E-state index in [1.807, 2.05) is 60.7 Å². The summed E-state index contributed by atoms with van der Waals surface area (Å²) in [6, 6.07) is 36.4. The molecule has 1 aliphatic carbocycles. The highest BCUT2D eigenvalue weighted by molar-refractivity contribution is 5.90. The Morgan fingerprint density at radius 1 is 0.519 bits per heavy atom. The number of esters is 2. The Morgan fingerprint density at radius 2 is 0.865 bits per heavy atom. The molecule has 1 saturated carbocycles. The van der Waals surface area contributed by atoms with E-state index in [9.17, 15) is 19.8 Å². The maximum absolute atomic E-state index is 13.5. The van der Waals surface area contributed by atoms with Crippen LogP contribution in [-0.4, -0.2) is 70.3 Å². The number of benzene rings is 4. The number of carbonyl (C=O) groups excluding carboxylic acids is 2. The fraction of sp³-hybridized carbons (Fsp3) is 0.381. The van der Waals surface area contributed by atoms with Gasteiger partial charge in [0.15, 0.2) is 12.2 Å². The van der Waals surface area contributed by atoms with E-state index >= 15 is 0 Å². The minimum absolute atomic E-state index is 0.251. The van der Waals surface area contributed by atoms with Gasteiger partial charge in [-0.2, -0.15) is 0 Å². The Morgan fingerprint density at radius 3 is 1.23 bits per heavy atom. The Kier molecular flexibility index (Phi) is 9.69. The fourth-order valence-corrected chi connectivity index (χ4v) is 8.12. The maximum atomic E-state index is 13.5. The summed E-state index contributed by atoms with van der Waals surface area (Å²) in [5.41, 5.74) is 2.42. The molecular weight excluding hydrogens is 664 g/mol. The summed E-state index contributed by atoms with van der Waals surface area (Å²) in [6.07, 6.45) is -5.98. The van der Waals surface area contributed by atoms with Crippen LogP contribution in [-0.2, 0) is 28.4 Å². The lowest BCUT2D eigenvalue weighted by atomic mass is 9.79. The van der Waals surface area contributed by atoms with Crippen LogP contribution in [0.1, 0.15) is 82.6 Å². The van der Waals surface area contributed by atoms with E-state index in [2.05, 4.69) is 0 Å². The highest BCUT2D eigenvalue weighted by atomic mass is 16.8. The largest absolute Gasteiger partial charge is 0.453 e. The van der Waals surface area contributed by atoms with E-state index < -0.39 is 60.1 Å². The van der Waals surface area contributed by atoms with Gasteiger partial charge in [-0.15, -0.1) is 0 Å². The summed E-state index contributed by atoms with van der Waals surface area (Å²) in [7, 11) is 0. The van der Waals surface area contributed by atoms with Gasteiger partial charge in [0.2, 0.25) is 11.6 Å². The Labute approximate surface area is 302 Å². The third-order valence-corrected chi connectivity index (χ3v) is 10.7. The van der Waals surface area contributed by atoms with Gasteiger partial charge in [0.25, 0.3) is 0 Å². The number of aliphatic hydroxyl groups is 2. The molecule has 0 aromatic heterocycles. The van der Waals surface area contributed by atoms with Crippen molar-refractivity contribution in [1.29, 1.82) is 0 Å². The molecular formula is C42H42O10. The van der Waals surface area contributed by atoms with Gasteiger partial charge in [-0.25, -0.2) is 9.59 Å². The normalized spacial score (nSPS) is 34.3. The number of fused-ring (bicyclic) bond motifs is 2. The van der Waals surface area contributed by atoms with Crippen molar-refractivity contribution in [2.45, 2.75) is 98.9 Å². The van der Waals surface area contributed by atoms with Crippen molar-refractivity contribution in [3.05, 3.63) is 144 Å². The van der Waals surface area contributed by atoms with Gasteiger partial charge >= 0.3 is 11.9 Å². The zero-order valence-corrected chi connectivity index (χ0v) is 28.6. The van der Waals surface area contributed by atoms with Crippen molar-refractivity contribution in [3.8, 4) is 0 Å². The van der Waals surface area contributed by atoms with E-state index in [0.717, 1.165) is 11.1 Å². The lowest BCUT2D eigenvalue weighted by molar-refractivity contribution is -0.511. The summed E-state index contributed by atoms with van der Waals surface area (Å²) in [5.74, 6) is -4.52. The molecule has 270 valence electrons. The van der Waals surface area contributed by atoms with Gasteiger partial charge in [0.1, 0.15) is 24.4 Å². The van der Waals surface area contributed by atoms with Crippen molar-refractivity contribution in [1.82, 2.24) is 0 Å². The molecule has 3 aliphatic heterocycles. The molecule has 2 spiro atoms. The Bertz CT molecular complexity index is 1690. The first kappa shape index (κ1) is 34.7. The van der Waals surface area contributed by atoms with Crippen molar-refractivity contribution in [2.24, 2.45) is 0 Å². The van der Waals surface area contributed by atoms with Gasteiger partial charge < -0.3 is 38.6 Å². The molecule has 3 saturated heterocycles. The molecule has 4 aromatic carbocycles. The smallest absolute Gasteiger partial charge is 0.338 e. The number of carbonyl (C=O) groups is 2. The lowest BCUT2D eigenvalue weighted by Crippen LogP contribution is -2.77. The molecule has 4 aromatic rings. The average molecular weight is 707 g/mol. The molecule has 10 nitrogen and oxygen atoms in total. The van der Waals surface area contributed by atoms with Crippen LogP contribution in [0.25, 0.3) is 0 Å². The highest BCUT2D eigenvalue weighted by Crippen LogP contribution is 2.57. The fourth-order valence-electron chi connectivity index (χ4n) is 8.12. The molecule has 10 heteroatoms. The second-order valence-corrected chi connectivity index (χ2v) is 13.9. The molecule has 0 bridgehead atoms. The maximum Gasteiger partial charge on any atom is 0.338 e. The first-order chi connectivity index (χ1) is 25.4. The third-order valence-electron chi connectivity index (χ3n) is 10.7. The van der Waals surface area contributed by atoms with Crippen LogP contribution in [0.4, 0.5) is 0 Å². The van der Waals surface area contributed by atoms with Crippen LogP contribution in [0.15, 0.2) is 121 Å². The molecule has 0 amide bonds. The summed E-state index contributed by atoms with van der Waals surface area (Å²) < 4.78 is 40.3. The monoisotopic (exact) mass is 706 g/mol. The van der Waals surface area contributed by atoms with Gasteiger partial charge in [-0.05, 0) is 61.1 Å². The number of hydrogen-bond acceptors (Lipinski definition) is 10. The predicted molar refractivity (Wildman–Crippen MR) is 187 cm³/mol. The topological polar surface area (TPSA) is 130 Å². The lowest BCUT2D eigenvalue weighted by Gasteiger charge is -2.62.